The summed E-state index contributed by atoms with van der Waals surface area (Å²) in [5.74, 6) is 0.972. The molecule has 4 rings (SSSR count). The Morgan fingerprint density at radius 2 is 1.77 bits per heavy atom. The molecule has 0 aliphatic carbocycles. The number of aryl methyl sites for hydroxylation is 1. The van der Waals surface area contributed by atoms with Gasteiger partial charge < -0.3 is 14.1 Å². The van der Waals surface area contributed by atoms with Crippen LogP contribution in [0, 0.1) is 12.7 Å². The predicted octanol–water partition coefficient (Wildman–Crippen LogP) is 3.31. The summed E-state index contributed by atoms with van der Waals surface area (Å²) in [4.78, 5) is 6.20. The minimum Gasteiger partial charge on any atom is -0.495 e. The van der Waals surface area contributed by atoms with E-state index in [1.54, 1.807) is 43.5 Å². The fourth-order valence-electron chi connectivity index (χ4n) is 3.50. The smallest absolute Gasteiger partial charge is 0.246 e. The van der Waals surface area contributed by atoms with Gasteiger partial charge in [0.2, 0.25) is 10.0 Å². The summed E-state index contributed by atoms with van der Waals surface area (Å²) in [6, 6.07) is 11.1. The number of halogens is 1. The zero-order valence-corrected chi connectivity index (χ0v) is 17.5. The lowest BCUT2D eigenvalue weighted by Gasteiger charge is -2.35. The number of ether oxygens (including phenoxy) is 1. The Balaban J connectivity index is 1.58. The third-order valence-corrected chi connectivity index (χ3v) is 7.04. The third kappa shape index (κ3) is 3.90. The second kappa shape index (κ2) is 8.08. The molecule has 0 bridgehead atoms. The van der Waals surface area contributed by atoms with E-state index in [0.717, 1.165) is 5.69 Å². The SMILES string of the molecule is COc1ccc(-c2cnc(C)o2)cc1S(=O)(=O)N1CCN(c2ccc(F)cc2)CC1. The highest BCUT2D eigenvalue weighted by Gasteiger charge is 2.31. The number of oxazole rings is 1. The summed E-state index contributed by atoms with van der Waals surface area (Å²) in [5.41, 5.74) is 1.48. The van der Waals surface area contributed by atoms with Crippen molar-refractivity contribution >= 4 is 15.7 Å². The van der Waals surface area contributed by atoms with Gasteiger partial charge in [0, 0.05) is 44.4 Å². The molecule has 1 aliphatic heterocycles. The maximum Gasteiger partial charge on any atom is 0.246 e. The van der Waals surface area contributed by atoms with Crippen LogP contribution in [-0.4, -0.2) is 51.0 Å². The third-order valence-electron chi connectivity index (χ3n) is 5.12. The molecule has 1 saturated heterocycles. The van der Waals surface area contributed by atoms with E-state index in [-0.39, 0.29) is 16.5 Å². The van der Waals surface area contributed by atoms with Gasteiger partial charge in [0.15, 0.2) is 11.7 Å². The van der Waals surface area contributed by atoms with Crippen LogP contribution in [0.3, 0.4) is 0 Å². The van der Waals surface area contributed by atoms with Crippen LogP contribution in [0.1, 0.15) is 5.89 Å². The summed E-state index contributed by atoms with van der Waals surface area (Å²) >= 11 is 0. The van der Waals surface area contributed by atoms with Crippen LogP contribution in [0.4, 0.5) is 10.1 Å². The first-order valence-electron chi connectivity index (χ1n) is 9.50. The van der Waals surface area contributed by atoms with E-state index in [9.17, 15) is 12.8 Å². The van der Waals surface area contributed by atoms with Crippen LogP contribution >= 0.6 is 0 Å². The van der Waals surface area contributed by atoms with Crippen molar-refractivity contribution in [3.05, 3.63) is 60.4 Å². The molecule has 0 saturated carbocycles. The fraction of sp³-hybridized carbons (Fsp3) is 0.286. The Kier molecular flexibility index (Phi) is 5.48. The highest BCUT2D eigenvalue weighted by atomic mass is 32.2. The number of methoxy groups -OCH3 is 1. The lowest BCUT2D eigenvalue weighted by molar-refractivity contribution is 0.374. The molecule has 0 unspecified atom stereocenters. The van der Waals surface area contributed by atoms with Gasteiger partial charge in [0.25, 0.3) is 0 Å². The Hall–Kier alpha value is -2.91. The lowest BCUT2D eigenvalue weighted by atomic mass is 10.2. The number of piperazine rings is 1. The minimum absolute atomic E-state index is 0.0896. The number of hydrogen-bond donors (Lipinski definition) is 0. The van der Waals surface area contributed by atoms with Crippen LogP contribution in [0.5, 0.6) is 5.75 Å². The van der Waals surface area contributed by atoms with Gasteiger partial charge in [0.1, 0.15) is 16.5 Å². The van der Waals surface area contributed by atoms with Crippen molar-refractivity contribution < 1.29 is 22.0 Å². The number of anilines is 1. The Morgan fingerprint density at radius 1 is 1.07 bits per heavy atom. The van der Waals surface area contributed by atoms with E-state index >= 15 is 0 Å². The Labute approximate surface area is 174 Å². The first kappa shape index (κ1) is 20.4. The van der Waals surface area contributed by atoms with Gasteiger partial charge in [0.05, 0.1) is 13.3 Å². The summed E-state index contributed by atoms with van der Waals surface area (Å²) < 4.78 is 52.2. The van der Waals surface area contributed by atoms with Crippen LogP contribution in [-0.2, 0) is 10.0 Å². The lowest BCUT2D eigenvalue weighted by Crippen LogP contribution is -2.48. The molecule has 0 N–H and O–H groups in total. The molecule has 0 atom stereocenters. The van der Waals surface area contributed by atoms with E-state index in [1.165, 1.54) is 23.5 Å². The number of sulfonamides is 1. The summed E-state index contributed by atoms with van der Waals surface area (Å²) in [6.45, 7) is 3.37. The van der Waals surface area contributed by atoms with Gasteiger partial charge in [-0.05, 0) is 42.5 Å². The Bertz CT molecular complexity index is 1140. The molecule has 158 valence electrons. The quantitative estimate of drug-likeness (QED) is 0.617. The maximum atomic E-state index is 13.4. The molecule has 9 heteroatoms. The monoisotopic (exact) mass is 431 g/mol. The van der Waals surface area contributed by atoms with Crippen LogP contribution < -0.4 is 9.64 Å². The van der Waals surface area contributed by atoms with Gasteiger partial charge in [-0.15, -0.1) is 0 Å². The fourth-order valence-corrected chi connectivity index (χ4v) is 5.11. The van der Waals surface area contributed by atoms with Gasteiger partial charge in [-0.1, -0.05) is 0 Å². The number of rotatable bonds is 5. The first-order chi connectivity index (χ1) is 14.4. The molecule has 30 heavy (non-hydrogen) atoms. The molecule has 1 aliphatic rings. The van der Waals surface area contributed by atoms with Gasteiger partial charge in [-0.2, -0.15) is 4.31 Å². The van der Waals surface area contributed by atoms with Gasteiger partial charge in [-0.3, -0.25) is 0 Å². The largest absolute Gasteiger partial charge is 0.495 e. The zero-order valence-electron chi connectivity index (χ0n) is 16.7. The molecule has 2 aromatic carbocycles. The van der Waals surface area contributed by atoms with E-state index in [4.69, 9.17) is 9.15 Å². The predicted molar refractivity (Wildman–Crippen MR) is 111 cm³/mol. The highest BCUT2D eigenvalue weighted by Crippen LogP contribution is 2.33. The van der Waals surface area contributed by atoms with Crippen LogP contribution in [0.15, 0.2) is 58.0 Å². The van der Waals surface area contributed by atoms with Crippen molar-refractivity contribution in [1.29, 1.82) is 0 Å². The number of benzene rings is 2. The molecular formula is C21H22FN3O4S. The van der Waals surface area contributed by atoms with Crippen LogP contribution in [0.2, 0.25) is 0 Å². The second-order valence-corrected chi connectivity index (χ2v) is 8.88. The van der Waals surface area contributed by atoms with Gasteiger partial charge >= 0.3 is 0 Å². The molecule has 0 amide bonds. The van der Waals surface area contributed by atoms with Crippen molar-refractivity contribution in [3.63, 3.8) is 0 Å². The topological polar surface area (TPSA) is 75.9 Å². The zero-order chi connectivity index (χ0) is 21.3. The molecule has 0 radical (unpaired) electrons. The van der Waals surface area contributed by atoms with E-state index in [1.807, 2.05) is 4.90 Å². The number of aromatic nitrogens is 1. The summed E-state index contributed by atoms with van der Waals surface area (Å²) in [5, 5.41) is 0. The molecule has 2 heterocycles. The standard InChI is InChI=1S/C21H22FN3O4S/c1-15-23-14-20(29-15)16-3-8-19(28-2)21(13-16)30(26,27)25-11-9-24(10-12-25)18-6-4-17(22)5-7-18/h3-8,13-14H,9-12H2,1-2H3. The molecule has 1 fully saturated rings. The van der Waals surface area contributed by atoms with Gasteiger partial charge in [-0.25, -0.2) is 17.8 Å². The summed E-state index contributed by atoms with van der Waals surface area (Å²) in [6.07, 6.45) is 1.56. The van der Waals surface area contributed by atoms with Crippen molar-refractivity contribution in [1.82, 2.24) is 9.29 Å². The first-order valence-corrected chi connectivity index (χ1v) is 10.9. The summed E-state index contributed by atoms with van der Waals surface area (Å²) in [7, 11) is -2.34. The van der Waals surface area contributed by atoms with Crippen molar-refractivity contribution in [2.75, 3.05) is 38.2 Å². The normalized spacial score (nSPS) is 15.4. The number of hydrogen-bond acceptors (Lipinski definition) is 6. The minimum atomic E-state index is -3.78. The molecule has 3 aromatic rings. The van der Waals surface area contributed by atoms with E-state index < -0.39 is 10.0 Å². The number of nitrogens with zero attached hydrogens (tertiary/aromatic N) is 3. The average Bonchev–Trinajstić information content (AvgIpc) is 3.20. The average molecular weight is 431 g/mol. The van der Waals surface area contributed by atoms with Crippen molar-refractivity contribution in [2.24, 2.45) is 0 Å². The second-order valence-electron chi connectivity index (χ2n) is 6.98. The molecule has 0 spiro atoms. The Morgan fingerprint density at radius 3 is 2.37 bits per heavy atom. The van der Waals surface area contributed by atoms with Crippen LogP contribution in [0.25, 0.3) is 11.3 Å². The molecule has 1 aromatic heterocycles. The van der Waals surface area contributed by atoms with Crippen molar-refractivity contribution in [2.45, 2.75) is 11.8 Å². The van der Waals surface area contributed by atoms with E-state index in [0.29, 0.717) is 43.4 Å². The van der Waals surface area contributed by atoms with E-state index in [2.05, 4.69) is 4.98 Å². The maximum absolute atomic E-state index is 13.4. The molecular weight excluding hydrogens is 409 g/mol. The molecule has 7 nitrogen and oxygen atoms in total. The highest BCUT2D eigenvalue weighted by molar-refractivity contribution is 7.89. The van der Waals surface area contributed by atoms with Crippen molar-refractivity contribution in [3.8, 4) is 17.1 Å².